The third-order valence-electron chi connectivity index (χ3n) is 1.82. The summed E-state index contributed by atoms with van der Waals surface area (Å²) < 4.78 is 0. The van der Waals surface area contributed by atoms with Crippen molar-refractivity contribution in [3.05, 3.63) is 12.3 Å². The molecule has 1 fully saturated rings. The summed E-state index contributed by atoms with van der Waals surface area (Å²) in [7, 11) is 0. The number of rotatable bonds is 2. The van der Waals surface area contributed by atoms with Gasteiger partial charge >= 0.3 is 0 Å². The van der Waals surface area contributed by atoms with Crippen molar-refractivity contribution in [3.8, 4) is 0 Å². The summed E-state index contributed by atoms with van der Waals surface area (Å²) >= 11 is 0. The molecule has 1 aliphatic carbocycles. The van der Waals surface area contributed by atoms with Crippen molar-refractivity contribution in [1.29, 1.82) is 0 Å². The lowest BCUT2D eigenvalue weighted by Crippen LogP contribution is -2.38. The molecule has 0 unspecified atom stereocenters. The minimum atomic E-state index is 0.734. The van der Waals surface area contributed by atoms with E-state index in [0.717, 1.165) is 17.7 Å². The van der Waals surface area contributed by atoms with Crippen molar-refractivity contribution in [2.45, 2.75) is 32.7 Å². The van der Waals surface area contributed by atoms with E-state index >= 15 is 0 Å². The Morgan fingerprint density at radius 3 is 2.44 bits per heavy atom. The standard InChI is InChI=1S/C8H15N/c1-6(2)9-8-4-7(3)5-8/h7-9H,1,4-5H2,2-3H3. The maximum atomic E-state index is 3.79. The molecule has 0 spiro atoms. The second-order valence-corrected chi connectivity index (χ2v) is 3.20. The molecule has 0 aromatic carbocycles. The summed E-state index contributed by atoms with van der Waals surface area (Å²) in [5, 5.41) is 3.32. The van der Waals surface area contributed by atoms with Crippen LogP contribution in [0.3, 0.4) is 0 Å². The van der Waals surface area contributed by atoms with E-state index in [1.54, 1.807) is 0 Å². The first-order valence-electron chi connectivity index (χ1n) is 3.60. The van der Waals surface area contributed by atoms with Crippen molar-refractivity contribution >= 4 is 0 Å². The van der Waals surface area contributed by atoms with Crippen LogP contribution in [0, 0.1) is 5.92 Å². The van der Waals surface area contributed by atoms with E-state index < -0.39 is 0 Å². The number of allylic oxidation sites excluding steroid dienone is 1. The van der Waals surface area contributed by atoms with Gasteiger partial charge in [-0.05, 0) is 25.7 Å². The van der Waals surface area contributed by atoms with Crippen LogP contribution in [-0.4, -0.2) is 6.04 Å². The maximum absolute atomic E-state index is 3.79. The topological polar surface area (TPSA) is 12.0 Å². The maximum Gasteiger partial charge on any atom is 0.0263 e. The highest BCUT2D eigenvalue weighted by atomic mass is 14.9. The van der Waals surface area contributed by atoms with E-state index in [4.69, 9.17) is 0 Å². The van der Waals surface area contributed by atoms with Crippen LogP contribution in [0.4, 0.5) is 0 Å². The average Bonchev–Trinajstić information content (AvgIpc) is 1.60. The van der Waals surface area contributed by atoms with Crippen molar-refractivity contribution < 1.29 is 0 Å². The molecule has 1 saturated carbocycles. The zero-order valence-corrected chi connectivity index (χ0v) is 6.28. The van der Waals surface area contributed by atoms with E-state index in [0.29, 0.717) is 0 Å². The quantitative estimate of drug-likeness (QED) is 0.594. The fraction of sp³-hybridized carbons (Fsp3) is 0.750. The second kappa shape index (κ2) is 2.42. The van der Waals surface area contributed by atoms with E-state index in [-0.39, 0.29) is 0 Å². The highest BCUT2D eigenvalue weighted by Crippen LogP contribution is 2.26. The van der Waals surface area contributed by atoms with Gasteiger partial charge in [-0.3, -0.25) is 0 Å². The molecule has 9 heavy (non-hydrogen) atoms. The first-order chi connectivity index (χ1) is 4.18. The summed E-state index contributed by atoms with van der Waals surface area (Å²) in [6.07, 6.45) is 2.65. The molecule has 1 aliphatic rings. The second-order valence-electron chi connectivity index (χ2n) is 3.20. The third kappa shape index (κ3) is 1.74. The van der Waals surface area contributed by atoms with Crippen LogP contribution in [0.5, 0.6) is 0 Å². The largest absolute Gasteiger partial charge is 0.386 e. The SMILES string of the molecule is C=C(C)NC1CC(C)C1. The van der Waals surface area contributed by atoms with Gasteiger partial charge in [-0.2, -0.15) is 0 Å². The minimum absolute atomic E-state index is 0.734. The van der Waals surface area contributed by atoms with Gasteiger partial charge in [-0.15, -0.1) is 0 Å². The smallest absolute Gasteiger partial charge is 0.0263 e. The third-order valence-corrected chi connectivity index (χ3v) is 1.82. The molecule has 0 amide bonds. The highest BCUT2D eigenvalue weighted by Gasteiger charge is 2.24. The predicted molar refractivity (Wildman–Crippen MR) is 40.1 cm³/mol. The molecule has 0 radical (unpaired) electrons. The zero-order valence-electron chi connectivity index (χ0n) is 6.28. The fourth-order valence-corrected chi connectivity index (χ4v) is 1.37. The van der Waals surface area contributed by atoms with Crippen LogP contribution in [0.25, 0.3) is 0 Å². The molecule has 0 heterocycles. The summed E-state index contributed by atoms with van der Waals surface area (Å²) in [6, 6.07) is 0.734. The summed E-state index contributed by atoms with van der Waals surface area (Å²) in [5.41, 5.74) is 1.10. The Morgan fingerprint density at radius 2 is 2.11 bits per heavy atom. The van der Waals surface area contributed by atoms with Crippen LogP contribution < -0.4 is 5.32 Å². The molecule has 1 rings (SSSR count). The fourth-order valence-electron chi connectivity index (χ4n) is 1.37. The molecule has 0 atom stereocenters. The molecule has 1 nitrogen and oxygen atoms in total. The molecular weight excluding hydrogens is 110 g/mol. The Bertz CT molecular complexity index is 112. The van der Waals surface area contributed by atoms with Crippen LogP contribution in [0.15, 0.2) is 12.3 Å². The van der Waals surface area contributed by atoms with Crippen LogP contribution in [0.1, 0.15) is 26.7 Å². The van der Waals surface area contributed by atoms with E-state index in [2.05, 4.69) is 18.8 Å². The van der Waals surface area contributed by atoms with Crippen molar-refractivity contribution in [3.63, 3.8) is 0 Å². The molecule has 1 N–H and O–H groups in total. The molecule has 0 aliphatic heterocycles. The monoisotopic (exact) mass is 125 g/mol. The average molecular weight is 125 g/mol. The van der Waals surface area contributed by atoms with Gasteiger partial charge in [-0.25, -0.2) is 0 Å². The van der Waals surface area contributed by atoms with Gasteiger partial charge in [0.25, 0.3) is 0 Å². The van der Waals surface area contributed by atoms with E-state index in [1.807, 2.05) is 6.92 Å². The summed E-state index contributed by atoms with van der Waals surface area (Å²) in [6.45, 7) is 8.10. The number of nitrogens with one attached hydrogen (secondary N) is 1. The Kier molecular flexibility index (Phi) is 1.79. The summed E-state index contributed by atoms with van der Waals surface area (Å²) in [4.78, 5) is 0. The Balaban J connectivity index is 2.11. The lowest BCUT2D eigenvalue weighted by atomic mass is 9.82. The minimum Gasteiger partial charge on any atom is -0.386 e. The van der Waals surface area contributed by atoms with Gasteiger partial charge in [-0.1, -0.05) is 13.5 Å². The van der Waals surface area contributed by atoms with Gasteiger partial charge in [0.05, 0.1) is 0 Å². The number of hydrogen-bond acceptors (Lipinski definition) is 1. The first kappa shape index (κ1) is 6.66. The highest BCUT2D eigenvalue weighted by molar-refractivity contribution is 4.93. The predicted octanol–water partition coefficient (Wildman–Crippen LogP) is 1.91. The van der Waals surface area contributed by atoms with Gasteiger partial charge in [0.15, 0.2) is 0 Å². The van der Waals surface area contributed by atoms with Crippen LogP contribution in [-0.2, 0) is 0 Å². The lowest BCUT2D eigenvalue weighted by Gasteiger charge is -2.34. The molecule has 0 aromatic heterocycles. The van der Waals surface area contributed by atoms with Gasteiger partial charge in [0.2, 0.25) is 0 Å². The zero-order chi connectivity index (χ0) is 6.85. The molecular formula is C8H15N. The van der Waals surface area contributed by atoms with Crippen molar-refractivity contribution in [2.75, 3.05) is 0 Å². The van der Waals surface area contributed by atoms with Gasteiger partial charge < -0.3 is 5.32 Å². The first-order valence-corrected chi connectivity index (χ1v) is 3.60. The van der Waals surface area contributed by atoms with Gasteiger partial charge in [0.1, 0.15) is 0 Å². The van der Waals surface area contributed by atoms with Gasteiger partial charge in [0, 0.05) is 11.7 Å². The molecule has 0 bridgehead atoms. The molecule has 0 saturated heterocycles. The number of hydrogen-bond donors (Lipinski definition) is 1. The Hall–Kier alpha value is -0.460. The van der Waals surface area contributed by atoms with E-state index in [9.17, 15) is 0 Å². The van der Waals surface area contributed by atoms with E-state index in [1.165, 1.54) is 12.8 Å². The lowest BCUT2D eigenvalue weighted by molar-refractivity contribution is 0.256. The van der Waals surface area contributed by atoms with Crippen LogP contribution in [0.2, 0.25) is 0 Å². The summed E-state index contributed by atoms with van der Waals surface area (Å²) in [5.74, 6) is 0.932. The Morgan fingerprint density at radius 1 is 1.56 bits per heavy atom. The van der Waals surface area contributed by atoms with Crippen molar-refractivity contribution in [2.24, 2.45) is 5.92 Å². The van der Waals surface area contributed by atoms with Crippen molar-refractivity contribution in [1.82, 2.24) is 5.32 Å². The molecule has 52 valence electrons. The normalized spacial score (nSPS) is 33.1. The molecule has 1 heteroatoms. The Labute approximate surface area is 57.1 Å². The molecule has 0 aromatic rings. The van der Waals surface area contributed by atoms with Crippen LogP contribution >= 0.6 is 0 Å².